The van der Waals surface area contributed by atoms with Crippen molar-refractivity contribution in [2.75, 3.05) is 6.54 Å². The van der Waals surface area contributed by atoms with Crippen molar-refractivity contribution in [1.29, 1.82) is 0 Å². The minimum absolute atomic E-state index is 0.00176. The van der Waals surface area contributed by atoms with Crippen LogP contribution in [0.3, 0.4) is 0 Å². The van der Waals surface area contributed by atoms with E-state index in [2.05, 4.69) is 0 Å². The highest BCUT2D eigenvalue weighted by atomic mass is 35.5. The Labute approximate surface area is 193 Å². The van der Waals surface area contributed by atoms with E-state index in [0.717, 1.165) is 22.2 Å². The Hall–Kier alpha value is -3.85. The molecule has 0 spiro atoms. The van der Waals surface area contributed by atoms with E-state index >= 15 is 0 Å². The molecule has 2 atom stereocenters. The first-order valence-electron chi connectivity index (χ1n) is 10.2. The quantitative estimate of drug-likeness (QED) is 0.211. The summed E-state index contributed by atoms with van der Waals surface area (Å²) in [5, 5.41) is 13.0. The molecule has 2 aromatic rings. The number of nitrogens with zero attached hydrogens (tertiary/aromatic N) is 3. The summed E-state index contributed by atoms with van der Waals surface area (Å²) in [7, 11) is 0. The molecule has 33 heavy (non-hydrogen) atoms. The van der Waals surface area contributed by atoms with Crippen LogP contribution in [0.2, 0.25) is 5.02 Å². The third kappa shape index (κ3) is 4.27. The summed E-state index contributed by atoms with van der Waals surface area (Å²) < 4.78 is 0. The highest BCUT2D eigenvalue weighted by Gasteiger charge is 2.51. The number of amides is 3. The number of carbonyl (C=O) groups is 4. The van der Waals surface area contributed by atoms with Gasteiger partial charge in [0.15, 0.2) is 5.78 Å². The number of hydrazine groups is 1. The van der Waals surface area contributed by atoms with Crippen LogP contribution in [0.25, 0.3) is 0 Å². The van der Waals surface area contributed by atoms with Crippen molar-refractivity contribution in [3.05, 3.63) is 86.9 Å². The molecule has 10 heteroatoms. The summed E-state index contributed by atoms with van der Waals surface area (Å²) in [4.78, 5) is 62.8. The number of nitro groups is 1. The van der Waals surface area contributed by atoms with Gasteiger partial charge in [-0.1, -0.05) is 23.8 Å². The molecule has 1 aliphatic carbocycles. The Morgan fingerprint density at radius 2 is 1.45 bits per heavy atom. The summed E-state index contributed by atoms with van der Waals surface area (Å²) in [5.41, 5.74) is 0.0259. The largest absolute Gasteiger partial charge is 0.292 e. The first kappa shape index (κ1) is 22.3. The van der Waals surface area contributed by atoms with Crippen LogP contribution in [-0.2, 0) is 9.59 Å². The number of benzene rings is 2. The molecule has 0 N–H and O–H groups in total. The molecule has 4 rings (SSSR count). The lowest BCUT2D eigenvalue weighted by Crippen LogP contribution is -2.52. The predicted molar refractivity (Wildman–Crippen MR) is 117 cm³/mol. The van der Waals surface area contributed by atoms with Crippen LogP contribution in [-0.4, -0.2) is 45.0 Å². The number of rotatable bonds is 6. The van der Waals surface area contributed by atoms with Crippen molar-refractivity contribution >= 4 is 40.8 Å². The Bertz CT molecular complexity index is 1150. The van der Waals surface area contributed by atoms with E-state index in [1.165, 1.54) is 36.4 Å². The monoisotopic (exact) mass is 467 g/mol. The summed E-state index contributed by atoms with van der Waals surface area (Å²) >= 11 is 5.87. The molecule has 3 amide bonds. The number of Topliss-reactive ketones (excluding diaryl/α,β-unsaturated/α-hetero) is 1. The molecule has 2 aromatic carbocycles. The van der Waals surface area contributed by atoms with Gasteiger partial charge in [0, 0.05) is 28.3 Å². The van der Waals surface area contributed by atoms with Crippen LogP contribution in [0.1, 0.15) is 33.6 Å². The van der Waals surface area contributed by atoms with Crippen molar-refractivity contribution in [3.8, 4) is 0 Å². The molecule has 9 nitrogen and oxygen atoms in total. The highest BCUT2D eigenvalue weighted by Crippen LogP contribution is 2.36. The number of fused-ring (bicyclic) bond motifs is 1. The van der Waals surface area contributed by atoms with Crippen molar-refractivity contribution in [2.45, 2.75) is 12.8 Å². The molecule has 1 saturated heterocycles. The average molecular weight is 468 g/mol. The zero-order valence-corrected chi connectivity index (χ0v) is 18.0. The van der Waals surface area contributed by atoms with E-state index in [9.17, 15) is 29.3 Å². The van der Waals surface area contributed by atoms with Crippen LogP contribution >= 0.6 is 11.6 Å². The van der Waals surface area contributed by atoms with Gasteiger partial charge in [-0.2, -0.15) is 5.01 Å². The maximum Gasteiger partial charge on any atom is 0.273 e. The second kappa shape index (κ2) is 8.95. The lowest BCUT2D eigenvalue weighted by molar-refractivity contribution is -0.384. The third-order valence-electron chi connectivity index (χ3n) is 5.74. The first-order chi connectivity index (χ1) is 15.8. The SMILES string of the molecule is O=C(CN(C(=O)c1ccc([N+](=O)[O-])cc1)N1C(=O)[C@H]2CC=CC[C@H]2C1=O)c1ccc(Cl)cc1. The number of imide groups is 1. The zero-order chi connectivity index (χ0) is 23.7. The molecule has 168 valence electrons. The van der Waals surface area contributed by atoms with Crippen LogP contribution in [0, 0.1) is 22.0 Å². The topological polar surface area (TPSA) is 118 Å². The fraction of sp³-hybridized carbons (Fsp3) is 0.217. The summed E-state index contributed by atoms with van der Waals surface area (Å²) in [5.74, 6) is -3.58. The molecular formula is C23H18ClN3O6. The first-order valence-corrected chi connectivity index (χ1v) is 10.5. The number of nitro benzene ring substituents is 1. The van der Waals surface area contributed by atoms with Crippen LogP contribution in [0.5, 0.6) is 0 Å². The van der Waals surface area contributed by atoms with Gasteiger partial charge in [0.25, 0.3) is 23.4 Å². The van der Waals surface area contributed by atoms with Gasteiger partial charge in [-0.3, -0.25) is 29.3 Å². The molecule has 0 saturated carbocycles. The van der Waals surface area contributed by atoms with E-state index in [-0.39, 0.29) is 16.8 Å². The van der Waals surface area contributed by atoms with Crippen LogP contribution in [0.4, 0.5) is 5.69 Å². The summed E-state index contributed by atoms with van der Waals surface area (Å²) in [6.07, 6.45) is 4.38. The highest BCUT2D eigenvalue weighted by molar-refractivity contribution is 6.30. The molecule has 2 aliphatic rings. The molecule has 0 bridgehead atoms. The van der Waals surface area contributed by atoms with Crippen LogP contribution in [0.15, 0.2) is 60.7 Å². The number of halogens is 1. The molecule has 0 unspecified atom stereocenters. The number of allylic oxidation sites excluding steroid dienone is 2. The van der Waals surface area contributed by atoms with E-state index < -0.39 is 46.8 Å². The number of ketones is 1. The average Bonchev–Trinajstić information content (AvgIpc) is 3.07. The van der Waals surface area contributed by atoms with Crippen LogP contribution < -0.4 is 0 Å². The van der Waals surface area contributed by atoms with Gasteiger partial charge in [-0.15, -0.1) is 0 Å². The third-order valence-corrected chi connectivity index (χ3v) is 6.00. The fourth-order valence-electron chi connectivity index (χ4n) is 3.99. The standard InChI is InChI=1S/C23H18ClN3O6/c24-16-9-5-14(6-10-16)20(28)13-25(21(29)15-7-11-17(12-8-15)27(32)33)26-22(30)18-3-1-2-4-19(18)23(26)31/h1-2,5-12,18-19H,3-4,13H2/t18-,19+. The van der Waals surface area contributed by atoms with Crippen molar-refractivity contribution in [3.63, 3.8) is 0 Å². The molecule has 0 aromatic heterocycles. The van der Waals surface area contributed by atoms with E-state index in [1.54, 1.807) is 0 Å². The molecule has 0 radical (unpaired) electrons. The van der Waals surface area contributed by atoms with Crippen molar-refractivity contribution in [1.82, 2.24) is 10.0 Å². The number of hydrogen-bond donors (Lipinski definition) is 0. The summed E-state index contributed by atoms with van der Waals surface area (Å²) in [6, 6.07) is 10.7. The summed E-state index contributed by atoms with van der Waals surface area (Å²) in [6.45, 7) is -0.568. The maximum atomic E-state index is 13.4. The minimum Gasteiger partial charge on any atom is -0.292 e. The molecule has 1 aliphatic heterocycles. The zero-order valence-electron chi connectivity index (χ0n) is 17.2. The molecule has 1 heterocycles. The molecule has 1 fully saturated rings. The van der Waals surface area contributed by atoms with E-state index in [4.69, 9.17) is 11.6 Å². The van der Waals surface area contributed by atoms with Gasteiger partial charge < -0.3 is 0 Å². The Morgan fingerprint density at radius 1 is 0.939 bits per heavy atom. The smallest absolute Gasteiger partial charge is 0.273 e. The van der Waals surface area contributed by atoms with Gasteiger partial charge in [-0.25, -0.2) is 5.01 Å². The second-order valence-electron chi connectivity index (χ2n) is 7.74. The minimum atomic E-state index is -0.791. The second-order valence-corrected chi connectivity index (χ2v) is 8.18. The number of non-ortho nitro benzene ring substituents is 1. The van der Waals surface area contributed by atoms with Crippen molar-refractivity contribution < 1.29 is 24.1 Å². The lowest BCUT2D eigenvalue weighted by Gasteiger charge is -2.30. The Kier molecular flexibility index (Phi) is 6.06. The fourth-order valence-corrected chi connectivity index (χ4v) is 4.12. The number of carbonyl (C=O) groups excluding carboxylic acids is 4. The predicted octanol–water partition coefficient (Wildman–Crippen LogP) is 3.44. The van der Waals surface area contributed by atoms with Gasteiger partial charge in [0.05, 0.1) is 16.8 Å². The molecular weight excluding hydrogens is 450 g/mol. The Balaban J connectivity index is 1.68. The van der Waals surface area contributed by atoms with Gasteiger partial charge in [0.1, 0.15) is 6.54 Å². The van der Waals surface area contributed by atoms with E-state index in [1.807, 2.05) is 12.2 Å². The van der Waals surface area contributed by atoms with Gasteiger partial charge >= 0.3 is 0 Å². The Morgan fingerprint density at radius 3 is 1.97 bits per heavy atom. The van der Waals surface area contributed by atoms with Gasteiger partial charge in [-0.05, 0) is 49.2 Å². The number of hydrogen-bond acceptors (Lipinski definition) is 6. The van der Waals surface area contributed by atoms with Gasteiger partial charge in [0.2, 0.25) is 0 Å². The lowest BCUT2D eigenvalue weighted by atomic mass is 9.85. The normalized spacial score (nSPS) is 19.4. The maximum absolute atomic E-state index is 13.4. The van der Waals surface area contributed by atoms with Crippen molar-refractivity contribution in [2.24, 2.45) is 11.8 Å². The van der Waals surface area contributed by atoms with E-state index in [0.29, 0.717) is 17.9 Å².